The Morgan fingerprint density at radius 1 is 1.23 bits per heavy atom. The Morgan fingerprint density at radius 3 is 2.84 bits per heavy atom. The minimum Gasteiger partial charge on any atom is -0.507 e. The zero-order valence-electron chi connectivity index (χ0n) is 18.1. The summed E-state index contributed by atoms with van der Waals surface area (Å²) in [6.07, 6.45) is 7.64. The third-order valence-electron chi connectivity index (χ3n) is 5.80. The smallest absolute Gasteiger partial charge is 0.342 e. The molecular weight excluding hydrogens is 398 g/mol. The van der Waals surface area contributed by atoms with Crippen LogP contribution < -0.4 is 5.32 Å². The van der Waals surface area contributed by atoms with Crippen molar-refractivity contribution in [3.63, 3.8) is 0 Å². The number of aliphatic hydroxyl groups is 1. The van der Waals surface area contributed by atoms with Crippen molar-refractivity contribution in [1.29, 1.82) is 0 Å². The van der Waals surface area contributed by atoms with Gasteiger partial charge in [0.1, 0.15) is 17.4 Å². The van der Waals surface area contributed by atoms with Crippen molar-refractivity contribution >= 4 is 11.9 Å². The van der Waals surface area contributed by atoms with Gasteiger partial charge in [0.15, 0.2) is 0 Å². The molecule has 1 fully saturated rings. The van der Waals surface area contributed by atoms with Crippen molar-refractivity contribution in [2.45, 2.75) is 89.1 Å². The fourth-order valence-corrected chi connectivity index (χ4v) is 4.28. The van der Waals surface area contributed by atoms with Gasteiger partial charge in [0.2, 0.25) is 5.91 Å². The van der Waals surface area contributed by atoms with Crippen molar-refractivity contribution in [2.75, 3.05) is 0 Å². The lowest BCUT2D eigenvalue weighted by molar-refractivity contribution is -0.120. The standard InChI is InChI=1S/C24H33NO6/c1-2-3-4-10-22(28)25-11-6-8-18-15-20-14-17(26)13-19(30-20)12-16-7-5-9-21(27)23(16)24(29)31-18/h5-7,9,11,17-20,26-27H,2-4,8,10,12-15H2,1H3,(H,25,28)/b11-6+/t17-,18+,19+,20-/m1/s1. The number of amides is 1. The van der Waals surface area contributed by atoms with E-state index in [9.17, 15) is 19.8 Å². The first kappa shape index (κ1) is 23.3. The number of carbonyl (C=O) groups excluding carboxylic acids is 2. The van der Waals surface area contributed by atoms with Gasteiger partial charge in [0, 0.05) is 19.3 Å². The molecule has 1 aromatic carbocycles. The Hall–Kier alpha value is -2.38. The summed E-state index contributed by atoms with van der Waals surface area (Å²) in [6, 6.07) is 4.93. The van der Waals surface area contributed by atoms with Crippen molar-refractivity contribution in [2.24, 2.45) is 0 Å². The summed E-state index contributed by atoms with van der Waals surface area (Å²) < 4.78 is 11.9. The minimum absolute atomic E-state index is 0.0342. The SMILES string of the molecule is CCCCCC(=O)N/C=C/C[C@H]1C[C@H]2C[C@H](O)C[C@H](Cc3cccc(O)c3C(=O)O1)O2. The van der Waals surface area contributed by atoms with E-state index in [0.29, 0.717) is 44.1 Å². The number of fused-ring (bicyclic) bond motifs is 3. The first-order valence-electron chi connectivity index (χ1n) is 11.3. The molecule has 2 bridgehead atoms. The van der Waals surface area contributed by atoms with Crippen LogP contribution in [0.25, 0.3) is 0 Å². The number of rotatable bonds is 7. The molecule has 170 valence electrons. The van der Waals surface area contributed by atoms with Crippen molar-refractivity contribution in [3.05, 3.63) is 41.6 Å². The van der Waals surface area contributed by atoms with Crippen LogP contribution in [0.3, 0.4) is 0 Å². The van der Waals surface area contributed by atoms with Gasteiger partial charge in [-0.1, -0.05) is 38.0 Å². The van der Waals surface area contributed by atoms with Gasteiger partial charge < -0.3 is 25.0 Å². The highest BCUT2D eigenvalue weighted by Crippen LogP contribution is 2.32. The topological polar surface area (TPSA) is 105 Å². The van der Waals surface area contributed by atoms with Gasteiger partial charge in [-0.2, -0.15) is 0 Å². The van der Waals surface area contributed by atoms with Crippen molar-refractivity contribution in [3.8, 4) is 5.75 Å². The maximum atomic E-state index is 12.9. The molecule has 4 atom stereocenters. The number of unbranched alkanes of at least 4 members (excludes halogenated alkanes) is 2. The summed E-state index contributed by atoms with van der Waals surface area (Å²) in [4.78, 5) is 24.7. The number of carbonyl (C=O) groups is 2. The molecule has 1 amide bonds. The Morgan fingerprint density at radius 2 is 2.03 bits per heavy atom. The Labute approximate surface area is 183 Å². The molecule has 1 saturated heterocycles. The summed E-state index contributed by atoms with van der Waals surface area (Å²) in [5.74, 6) is -0.715. The summed E-state index contributed by atoms with van der Waals surface area (Å²) in [5.41, 5.74) is 0.807. The van der Waals surface area contributed by atoms with Gasteiger partial charge >= 0.3 is 5.97 Å². The van der Waals surface area contributed by atoms with Crippen molar-refractivity contribution in [1.82, 2.24) is 5.32 Å². The Balaban J connectivity index is 1.69. The largest absolute Gasteiger partial charge is 0.507 e. The molecule has 0 radical (unpaired) electrons. The predicted octanol–water partition coefficient (Wildman–Crippen LogP) is 3.37. The number of phenolic OH excluding ortho intramolecular Hbond substituents is 1. The number of hydrogen-bond donors (Lipinski definition) is 3. The fraction of sp³-hybridized carbons (Fsp3) is 0.583. The molecule has 2 aliphatic heterocycles. The number of nitrogens with one attached hydrogen (secondary N) is 1. The van der Waals surface area contributed by atoms with Gasteiger partial charge in [0.05, 0.1) is 18.3 Å². The monoisotopic (exact) mass is 431 g/mol. The van der Waals surface area contributed by atoms with Crippen LogP contribution in [0.2, 0.25) is 0 Å². The second kappa shape index (κ2) is 11.3. The number of aliphatic hydroxyl groups excluding tert-OH is 1. The van der Waals surface area contributed by atoms with Crippen LogP contribution in [0.5, 0.6) is 5.75 Å². The zero-order valence-corrected chi connectivity index (χ0v) is 18.1. The lowest BCUT2D eigenvalue weighted by Crippen LogP contribution is -2.40. The van der Waals surface area contributed by atoms with E-state index in [1.54, 1.807) is 24.4 Å². The van der Waals surface area contributed by atoms with E-state index in [1.165, 1.54) is 6.07 Å². The minimum atomic E-state index is -0.560. The lowest BCUT2D eigenvalue weighted by atomic mass is 9.91. The van der Waals surface area contributed by atoms with Crippen LogP contribution in [0, 0.1) is 0 Å². The normalized spacial score (nSPS) is 26.2. The van der Waals surface area contributed by atoms with Crippen LogP contribution >= 0.6 is 0 Å². The molecule has 0 saturated carbocycles. The number of phenols is 1. The van der Waals surface area contributed by atoms with E-state index in [0.717, 1.165) is 19.3 Å². The van der Waals surface area contributed by atoms with Crippen LogP contribution in [-0.2, 0) is 20.7 Å². The number of cyclic esters (lactones) is 1. The highest BCUT2D eigenvalue weighted by atomic mass is 16.5. The first-order chi connectivity index (χ1) is 15.0. The highest BCUT2D eigenvalue weighted by molar-refractivity contribution is 5.94. The fourth-order valence-electron chi connectivity index (χ4n) is 4.28. The highest BCUT2D eigenvalue weighted by Gasteiger charge is 2.34. The summed E-state index contributed by atoms with van der Waals surface area (Å²) in [7, 11) is 0. The third-order valence-corrected chi connectivity index (χ3v) is 5.80. The van der Waals surface area contributed by atoms with E-state index in [-0.39, 0.29) is 29.4 Å². The number of ether oxygens (including phenoxy) is 2. The molecule has 2 heterocycles. The number of aromatic hydroxyl groups is 1. The van der Waals surface area contributed by atoms with E-state index in [2.05, 4.69) is 12.2 Å². The number of esters is 1. The van der Waals surface area contributed by atoms with Crippen molar-refractivity contribution < 1.29 is 29.3 Å². The van der Waals surface area contributed by atoms with Gasteiger partial charge in [-0.25, -0.2) is 4.79 Å². The van der Waals surface area contributed by atoms with E-state index in [4.69, 9.17) is 9.47 Å². The summed E-state index contributed by atoms with van der Waals surface area (Å²) in [6.45, 7) is 2.09. The molecule has 3 N–H and O–H groups in total. The van der Waals surface area contributed by atoms with E-state index in [1.807, 2.05) is 0 Å². The maximum Gasteiger partial charge on any atom is 0.342 e. The molecule has 0 aromatic heterocycles. The molecule has 3 rings (SSSR count). The van der Waals surface area contributed by atoms with Gasteiger partial charge in [-0.05, 0) is 43.5 Å². The molecule has 7 heteroatoms. The summed E-state index contributed by atoms with van der Waals surface area (Å²) in [5, 5.41) is 23.3. The van der Waals surface area contributed by atoms with Gasteiger partial charge in [-0.3, -0.25) is 4.79 Å². The number of benzene rings is 1. The third kappa shape index (κ3) is 6.80. The molecule has 7 nitrogen and oxygen atoms in total. The van der Waals surface area contributed by atoms with Crippen LogP contribution in [0.1, 0.15) is 74.2 Å². The average Bonchev–Trinajstić information content (AvgIpc) is 2.70. The van der Waals surface area contributed by atoms with E-state index < -0.39 is 18.2 Å². The molecule has 2 aliphatic rings. The quantitative estimate of drug-likeness (QED) is 0.452. The van der Waals surface area contributed by atoms with Crippen LogP contribution in [0.4, 0.5) is 0 Å². The first-order valence-corrected chi connectivity index (χ1v) is 11.3. The Bertz CT molecular complexity index is 792. The van der Waals surface area contributed by atoms with Crippen LogP contribution in [0.15, 0.2) is 30.5 Å². The molecule has 0 unspecified atom stereocenters. The second-order valence-corrected chi connectivity index (χ2v) is 8.45. The summed E-state index contributed by atoms with van der Waals surface area (Å²) >= 11 is 0. The van der Waals surface area contributed by atoms with Crippen LogP contribution in [-0.4, -0.2) is 46.5 Å². The lowest BCUT2D eigenvalue weighted by Gasteiger charge is -2.36. The Kier molecular flexibility index (Phi) is 8.49. The molecule has 1 aromatic rings. The molecule has 0 spiro atoms. The average molecular weight is 432 g/mol. The van der Waals surface area contributed by atoms with E-state index >= 15 is 0 Å². The maximum absolute atomic E-state index is 12.9. The van der Waals surface area contributed by atoms with Gasteiger partial charge in [-0.15, -0.1) is 0 Å². The van der Waals surface area contributed by atoms with Gasteiger partial charge in [0.25, 0.3) is 0 Å². The molecule has 0 aliphatic carbocycles. The molecular formula is C24H33NO6. The molecule has 31 heavy (non-hydrogen) atoms. The number of hydrogen-bond acceptors (Lipinski definition) is 6. The predicted molar refractivity (Wildman–Crippen MR) is 116 cm³/mol. The second-order valence-electron chi connectivity index (χ2n) is 8.45. The zero-order chi connectivity index (χ0) is 22.2.